The molecular weight excluding hydrogens is 540 g/mol. The molecule has 0 unspecified atom stereocenters. The van der Waals surface area contributed by atoms with Gasteiger partial charge in [-0.15, -0.1) is 0 Å². The molecule has 204 valence electrons. The molecule has 3 heterocycles. The highest BCUT2D eigenvalue weighted by molar-refractivity contribution is 8.76. The van der Waals surface area contributed by atoms with Crippen molar-refractivity contribution in [3.63, 3.8) is 0 Å². The summed E-state index contributed by atoms with van der Waals surface area (Å²) in [5, 5.41) is 0. The molecule has 0 bridgehead atoms. The number of aromatic nitrogens is 1. The first-order valence-electron chi connectivity index (χ1n) is 13.0. The molecule has 40 heavy (non-hydrogen) atoms. The fourth-order valence-corrected chi connectivity index (χ4v) is 5.76. The summed E-state index contributed by atoms with van der Waals surface area (Å²) in [5.74, 6) is 5.18. The summed E-state index contributed by atoms with van der Waals surface area (Å²) in [4.78, 5) is 4.50. The van der Waals surface area contributed by atoms with Gasteiger partial charge < -0.3 is 18.9 Å². The van der Waals surface area contributed by atoms with Gasteiger partial charge in [0, 0.05) is 30.6 Å². The van der Waals surface area contributed by atoms with E-state index >= 15 is 0 Å². The zero-order valence-corrected chi connectivity index (χ0v) is 23.7. The van der Waals surface area contributed by atoms with E-state index in [4.69, 9.17) is 18.9 Å². The molecule has 2 aromatic carbocycles. The zero-order chi connectivity index (χ0) is 27.4. The molecule has 1 aromatic heterocycles. The summed E-state index contributed by atoms with van der Waals surface area (Å²) in [6.07, 6.45) is 18.1. The lowest BCUT2D eigenvalue weighted by Gasteiger charge is -1.99. The molecule has 0 fully saturated rings. The number of aliphatic imine (C=N–C) groups is 1. The van der Waals surface area contributed by atoms with E-state index in [1.807, 2.05) is 88.5 Å². The van der Waals surface area contributed by atoms with Gasteiger partial charge >= 0.3 is 0 Å². The first-order chi connectivity index (χ1) is 19.8. The summed E-state index contributed by atoms with van der Waals surface area (Å²) >= 11 is 0. The number of hydrogen-bond donors (Lipinski definition) is 0. The topological polar surface area (TPSA) is 53.2 Å². The number of allylic oxidation sites excluding steroid dienone is 4. The Morgan fingerprint density at radius 3 is 2.10 bits per heavy atom. The molecule has 3 aromatic rings. The summed E-state index contributed by atoms with van der Waals surface area (Å²) < 4.78 is 23.8. The van der Waals surface area contributed by atoms with Gasteiger partial charge in [0.1, 0.15) is 0 Å². The molecule has 6 nitrogen and oxygen atoms in total. The van der Waals surface area contributed by atoms with E-state index in [1.165, 1.54) is 0 Å². The van der Waals surface area contributed by atoms with Crippen molar-refractivity contribution >= 4 is 46.0 Å². The highest BCUT2D eigenvalue weighted by atomic mass is 33.1. The zero-order valence-electron chi connectivity index (χ0n) is 22.1. The molecule has 0 amide bonds. The molecule has 0 spiro atoms. The molecule has 0 N–H and O–H groups in total. The van der Waals surface area contributed by atoms with Crippen LogP contribution in [-0.2, 0) is 6.54 Å². The van der Waals surface area contributed by atoms with Crippen LogP contribution < -0.4 is 23.5 Å². The second-order valence-electron chi connectivity index (χ2n) is 8.83. The van der Waals surface area contributed by atoms with Gasteiger partial charge in [0.15, 0.2) is 41.9 Å². The fourth-order valence-electron chi connectivity index (χ4n) is 3.90. The average Bonchev–Trinajstić information content (AvgIpc) is 3.66. The lowest BCUT2D eigenvalue weighted by atomic mass is 10.1. The predicted octanol–water partition coefficient (Wildman–Crippen LogP) is 6.88. The van der Waals surface area contributed by atoms with Crippen LogP contribution in [0.4, 0.5) is 0 Å². The van der Waals surface area contributed by atoms with Crippen LogP contribution >= 0.6 is 21.6 Å². The Balaban J connectivity index is 0.963. The molecule has 0 saturated heterocycles. The van der Waals surface area contributed by atoms with Crippen molar-refractivity contribution in [1.29, 1.82) is 0 Å². The summed E-state index contributed by atoms with van der Waals surface area (Å²) in [7, 11) is 3.73. The van der Waals surface area contributed by atoms with Crippen molar-refractivity contribution < 1.29 is 23.5 Å². The SMILES string of the molecule is C=CC(/C=C/c1ccc2c(c1)OCO2)=C\C=NCCSSCC[n+]1ccc(/C=C/c2ccc3c(c2)OCO3)cc1. The van der Waals surface area contributed by atoms with Gasteiger partial charge in [-0.25, -0.2) is 4.57 Å². The Kier molecular flexibility index (Phi) is 10.0. The van der Waals surface area contributed by atoms with Crippen LogP contribution in [0.1, 0.15) is 16.7 Å². The quantitative estimate of drug-likeness (QED) is 0.0733. The monoisotopic (exact) mass is 571 g/mol. The van der Waals surface area contributed by atoms with E-state index in [-0.39, 0.29) is 6.79 Å². The van der Waals surface area contributed by atoms with Crippen LogP contribution in [0.5, 0.6) is 23.0 Å². The Morgan fingerprint density at radius 2 is 1.40 bits per heavy atom. The third-order valence-corrected chi connectivity index (χ3v) is 8.44. The predicted molar refractivity (Wildman–Crippen MR) is 166 cm³/mol. The minimum atomic E-state index is 0.282. The standard InChI is InChI=1S/C32H31N2O4S2/c1-2-25(3-5-27-7-9-29-31(21-27)37-23-35-29)11-14-33-15-19-39-40-20-18-34-16-12-26(13-17-34)4-6-28-8-10-30-32(22-28)38-24-36-30/h2-14,16-17,21-22H,1,15,18-20,23-24H2/q+1/b5-3+,6-4+,25-11+,33-14?. The van der Waals surface area contributed by atoms with Crippen molar-refractivity contribution in [1.82, 2.24) is 0 Å². The van der Waals surface area contributed by atoms with Crippen LogP contribution in [-0.4, -0.2) is 37.9 Å². The molecule has 0 aliphatic carbocycles. The van der Waals surface area contributed by atoms with Crippen molar-refractivity contribution in [2.75, 3.05) is 31.6 Å². The van der Waals surface area contributed by atoms with Gasteiger partial charge in [0.05, 0.1) is 5.75 Å². The summed E-state index contributed by atoms with van der Waals surface area (Å²) in [5.41, 5.74) is 4.29. The van der Waals surface area contributed by atoms with E-state index in [9.17, 15) is 0 Å². The molecule has 2 aliphatic heterocycles. The summed E-state index contributed by atoms with van der Waals surface area (Å²) in [6, 6.07) is 16.1. The smallest absolute Gasteiger partial charge is 0.231 e. The molecule has 0 atom stereocenters. The van der Waals surface area contributed by atoms with E-state index in [2.05, 4.69) is 52.8 Å². The number of fused-ring (bicyclic) bond motifs is 2. The minimum Gasteiger partial charge on any atom is -0.454 e. The first-order valence-corrected chi connectivity index (χ1v) is 15.5. The number of aryl methyl sites for hydroxylation is 1. The van der Waals surface area contributed by atoms with E-state index in [1.54, 1.807) is 0 Å². The largest absolute Gasteiger partial charge is 0.454 e. The molecule has 8 heteroatoms. The number of nitrogens with zero attached hydrogens (tertiary/aromatic N) is 2. The maximum Gasteiger partial charge on any atom is 0.231 e. The maximum atomic E-state index is 5.45. The molecule has 0 radical (unpaired) electrons. The Hall–Kier alpha value is -3.88. The van der Waals surface area contributed by atoms with Gasteiger partial charge in [-0.3, -0.25) is 4.99 Å². The van der Waals surface area contributed by atoms with Crippen molar-refractivity contribution in [2.24, 2.45) is 4.99 Å². The van der Waals surface area contributed by atoms with Crippen LogP contribution in [0.2, 0.25) is 0 Å². The summed E-state index contributed by atoms with van der Waals surface area (Å²) in [6.45, 7) is 6.22. The Morgan fingerprint density at radius 1 is 0.775 bits per heavy atom. The van der Waals surface area contributed by atoms with Crippen molar-refractivity contribution in [3.05, 3.63) is 108 Å². The Labute approximate surface area is 243 Å². The average molecular weight is 572 g/mol. The third-order valence-electron chi connectivity index (χ3n) is 6.07. The van der Waals surface area contributed by atoms with Crippen molar-refractivity contribution in [2.45, 2.75) is 6.54 Å². The lowest BCUT2D eigenvalue weighted by Crippen LogP contribution is -2.33. The number of benzene rings is 2. The first kappa shape index (κ1) is 27.7. The number of ether oxygens (including phenoxy) is 4. The normalized spacial score (nSPS) is 14.2. The van der Waals surface area contributed by atoms with Crippen LogP contribution in [0.15, 0.2) is 96.3 Å². The molecule has 5 rings (SSSR count). The maximum absolute atomic E-state index is 5.45. The van der Waals surface area contributed by atoms with Gasteiger partial charge in [-0.05, 0) is 52.6 Å². The third kappa shape index (κ3) is 8.07. The van der Waals surface area contributed by atoms with E-state index in [0.717, 1.165) is 69.9 Å². The van der Waals surface area contributed by atoms with Gasteiger partial charge in [-0.1, -0.05) is 70.7 Å². The second-order valence-corrected chi connectivity index (χ2v) is 11.5. The van der Waals surface area contributed by atoms with E-state index in [0.29, 0.717) is 6.79 Å². The highest BCUT2D eigenvalue weighted by Crippen LogP contribution is 2.34. The lowest BCUT2D eigenvalue weighted by molar-refractivity contribution is -0.692. The van der Waals surface area contributed by atoms with Gasteiger partial charge in [0.25, 0.3) is 0 Å². The van der Waals surface area contributed by atoms with Crippen molar-refractivity contribution in [3.8, 4) is 23.0 Å². The molecular formula is C32H31N2O4S2+. The molecule has 0 saturated carbocycles. The van der Waals surface area contributed by atoms with Crippen LogP contribution in [0, 0.1) is 0 Å². The van der Waals surface area contributed by atoms with Gasteiger partial charge in [-0.2, -0.15) is 0 Å². The number of hydrogen-bond acceptors (Lipinski definition) is 7. The minimum absolute atomic E-state index is 0.282. The van der Waals surface area contributed by atoms with Crippen LogP contribution in [0.25, 0.3) is 18.2 Å². The fraction of sp³-hybridized carbons (Fsp3) is 0.188. The molecule has 2 aliphatic rings. The number of pyridine rings is 1. The second kappa shape index (κ2) is 14.5. The van der Waals surface area contributed by atoms with Gasteiger partial charge in [0.2, 0.25) is 13.6 Å². The van der Waals surface area contributed by atoms with Crippen LogP contribution in [0.3, 0.4) is 0 Å². The number of rotatable bonds is 13. The highest BCUT2D eigenvalue weighted by Gasteiger charge is 2.13. The van der Waals surface area contributed by atoms with E-state index < -0.39 is 0 Å². The Bertz CT molecular complexity index is 1430.